The van der Waals surface area contributed by atoms with Crippen molar-refractivity contribution >= 4 is 17.9 Å². The zero-order chi connectivity index (χ0) is 14.0. The number of aliphatic carboxylic acids is 1. The van der Waals surface area contributed by atoms with Crippen LogP contribution in [0, 0.1) is 0 Å². The molecule has 0 heterocycles. The minimum atomic E-state index is -1.36. The van der Waals surface area contributed by atoms with Crippen molar-refractivity contribution in [3.05, 3.63) is 37.1 Å². The third-order valence-corrected chi connectivity index (χ3v) is 1.17. The lowest BCUT2D eigenvalue weighted by Crippen LogP contribution is -2.10. The van der Waals surface area contributed by atoms with Gasteiger partial charge in [-0.1, -0.05) is 13.2 Å². The Bertz CT molecular complexity index is 329. The fourth-order valence-electron chi connectivity index (χ4n) is 0.326. The lowest BCUT2D eigenvalue weighted by atomic mass is 10.4. The van der Waals surface area contributed by atoms with Gasteiger partial charge in [-0.2, -0.15) is 0 Å². The van der Waals surface area contributed by atoms with Crippen LogP contribution in [0.15, 0.2) is 37.1 Å². The van der Waals surface area contributed by atoms with Crippen LogP contribution in [0.5, 0.6) is 0 Å². The van der Waals surface area contributed by atoms with Crippen molar-refractivity contribution in [2.45, 2.75) is 6.92 Å². The molecule has 0 fully saturated rings. The van der Waals surface area contributed by atoms with E-state index in [1.807, 2.05) is 0 Å². The maximum Gasteiger partial charge on any atom is 0.371 e. The largest absolute Gasteiger partial charge is 0.475 e. The van der Waals surface area contributed by atoms with E-state index in [1.54, 1.807) is 0 Å². The fraction of sp³-hybridized carbons (Fsp3) is 0.182. The summed E-state index contributed by atoms with van der Waals surface area (Å²) < 4.78 is 8.38. The van der Waals surface area contributed by atoms with Crippen LogP contribution in [0.1, 0.15) is 6.92 Å². The molecular weight excluding hydrogens is 228 g/mol. The minimum absolute atomic E-state index is 0.132. The van der Waals surface area contributed by atoms with Gasteiger partial charge in [0.2, 0.25) is 5.76 Å². The van der Waals surface area contributed by atoms with Gasteiger partial charge in [0, 0.05) is 11.6 Å². The molecule has 0 radical (unpaired) electrons. The van der Waals surface area contributed by atoms with Crippen molar-refractivity contribution in [1.82, 2.24) is 0 Å². The minimum Gasteiger partial charge on any atom is -0.475 e. The van der Waals surface area contributed by atoms with Crippen LogP contribution in [-0.2, 0) is 23.9 Å². The first-order valence-corrected chi connectivity index (χ1v) is 4.26. The van der Waals surface area contributed by atoms with Crippen LogP contribution in [0.2, 0.25) is 0 Å². The first-order valence-electron chi connectivity index (χ1n) is 4.26. The fourth-order valence-corrected chi connectivity index (χ4v) is 0.326. The number of carboxylic acid groups (broad SMARTS) is 1. The predicted molar refractivity (Wildman–Crippen MR) is 59.9 cm³/mol. The van der Waals surface area contributed by atoms with Gasteiger partial charge in [-0.05, 0) is 13.5 Å². The first-order chi connectivity index (χ1) is 7.76. The van der Waals surface area contributed by atoms with E-state index < -0.39 is 23.7 Å². The summed E-state index contributed by atoms with van der Waals surface area (Å²) in [7, 11) is 1.31. The molecule has 6 heteroatoms. The van der Waals surface area contributed by atoms with Crippen LogP contribution in [0.4, 0.5) is 0 Å². The van der Waals surface area contributed by atoms with Crippen LogP contribution in [-0.4, -0.2) is 30.1 Å². The third kappa shape index (κ3) is 9.92. The molecule has 0 bridgehead atoms. The van der Waals surface area contributed by atoms with Gasteiger partial charge in [-0.25, -0.2) is 14.4 Å². The number of ether oxygens (including phenoxy) is 2. The van der Waals surface area contributed by atoms with Gasteiger partial charge >= 0.3 is 17.9 Å². The average Bonchev–Trinajstić information content (AvgIpc) is 2.28. The second-order valence-corrected chi connectivity index (χ2v) is 2.63. The molecule has 0 spiro atoms. The molecule has 94 valence electrons. The first kappa shape index (κ1) is 17.0. The number of hydrogen-bond acceptors (Lipinski definition) is 5. The lowest BCUT2D eigenvalue weighted by molar-refractivity contribution is -0.145. The van der Waals surface area contributed by atoms with E-state index in [9.17, 15) is 14.4 Å². The Morgan fingerprint density at radius 3 is 1.88 bits per heavy atom. The van der Waals surface area contributed by atoms with Crippen molar-refractivity contribution in [2.24, 2.45) is 0 Å². The SMILES string of the molecule is C=C(C)C(=O)OC(=C)C(=O)O.C=CC(=O)OC. The molecule has 0 aliphatic heterocycles. The summed E-state index contributed by atoms with van der Waals surface area (Å²) in [5, 5.41) is 8.21. The van der Waals surface area contributed by atoms with E-state index in [-0.39, 0.29) is 5.57 Å². The van der Waals surface area contributed by atoms with E-state index >= 15 is 0 Å². The molecule has 0 saturated carbocycles. The molecule has 0 rings (SSSR count). The maximum atomic E-state index is 10.6. The second kappa shape index (κ2) is 8.90. The molecule has 1 N–H and O–H groups in total. The van der Waals surface area contributed by atoms with Gasteiger partial charge in [0.25, 0.3) is 0 Å². The molecule has 6 nitrogen and oxygen atoms in total. The monoisotopic (exact) mass is 242 g/mol. The number of carbonyl (C=O) groups is 3. The zero-order valence-corrected chi connectivity index (χ0v) is 9.69. The molecule has 0 aliphatic rings. The third-order valence-electron chi connectivity index (χ3n) is 1.17. The van der Waals surface area contributed by atoms with Gasteiger partial charge in [-0.3, -0.25) is 0 Å². The van der Waals surface area contributed by atoms with E-state index in [2.05, 4.69) is 29.2 Å². The predicted octanol–water partition coefficient (Wildman–Crippen LogP) is 1.05. The van der Waals surface area contributed by atoms with Crippen LogP contribution in [0.25, 0.3) is 0 Å². The van der Waals surface area contributed by atoms with Crippen LogP contribution in [0.3, 0.4) is 0 Å². The molecule has 0 aliphatic carbocycles. The summed E-state index contributed by atoms with van der Waals surface area (Å²) >= 11 is 0. The van der Waals surface area contributed by atoms with Crippen molar-refractivity contribution in [2.75, 3.05) is 7.11 Å². The molecule has 0 saturated heterocycles. The Labute approximate surface area is 98.8 Å². The van der Waals surface area contributed by atoms with Crippen LogP contribution < -0.4 is 0 Å². The van der Waals surface area contributed by atoms with Crippen molar-refractivity contribution < 1.29 is 29.0 Å². The van der Waals surface area contributed by atoms with Gasteiger partial charge in [0.15, 0.2) is 0 Å². The molecule has 17 heavy (non-hydrogen) atoms. The normalized spacial score (nSPS) is 7.88. The molecule has 0 aromatic rings. The highest BCUT2D eigenvalue weighted by Crippen LogP contribution is 1.99. The maximum absolute atomic E-state index is 10.6. The molecule has 0 unspecified atom stereocenters. The summed E-state index contributed by atoms with van der Waals surface area (Å²) in [6.45, 7) is 10.8. The summed E-state index contributed by atoms with van der Waals surface area (Å²) in [5.41, 5.74) is 0.132. The molecule has 0 aromatic heterocycles. The lowest BCUT2D eigenvalue weighted by Gasteiger charge is -2.00. The summed E-state index contributed by atoms with van der Waals surface area (Å²) in [6, 6.07) is 0. The summed E-state index contributed by atoms with van der Waals surface area (Å²) in [6.07, 6.45) is 1.11. The Hall–Kier alpha value is -2.37. The number of hydrogen-bond donors (Lipinski definition) is 1. The van der Waals surface area contributed by atoms with Crippen LogP contribution >= 0.6 is 0 Å². The molecular formula is C11H14O6. The number of rotatable bonds is 4. The molecule has 0 aromatic carbocycles. The van der Waals surface area contributed by atoms with Gasteiger partial charge in [0.05, 0.1) is 7.11 Å². The average molecular weight is 242 g/mol. The molecule has 0 amide bonds. The van der Waals surface area contributed by atoms with E-state index in [4.69, 9.17) is 5.11 Å². The zero-order valence-electron chi connectivity index (χ0n) is 9.69. The number of carbonyl (C=O) groups excluding carboxylic acids is 2. The Morgan fingerprint density at radius 1 is 1.24 bits per heavy atom. The summed E-state index contributed by atoms with van der Waals surface area (Å²) in [4.78, 5) is 30.5. The van der Waals surface area contributed by atoms with Crippen molar-refractivity contribution in [1.29, 1.82) is 0 Å². The Balaban J connectivity index is 0. The standard InChI is InChI=1S/C7H8O4.C4H6O2/c1-4(2)7(10)11-5(3)6(8)9;1-3-4(5)6-2/h1,3H2,2H3,(H,8,9);3H,1H2,2H3. The number of methoxy groups -OCH3 is 1. The van der Waals surface area contributed by atoms with E-state index in [1.165, 1.54) is 14.0 Å². The quantitative estimate of drug-likeness (QED) is 0.450. The number of carboxylic acids is 1. The van der Waals surface area contributed by atoms with Gasteiger partial charge in [-0.15, -0.1) is 0 Å². The highest BCUT2D eigenvalue weighted by molar-refractivity contribution is 5.93. The number of esters is 2. The van der Waals surface area contributed by atoms with E-state index in [0.29, 0.717) is 0 Å². The Kier molecular flexibility index (Phi) is 8.92. The second-order valence-electron chi connectivity index (χ2n) is 2.63. The van der Waals surface area contributed by atoms with Gasteiger partial charge in [0.1, 0.15) is 0 Å². The molecule has 0 atom stereocenters. The van der Waals surface area contributed by atoms with E-state index in [0.717, 1.165) is 6.08 Å². The smallest absolute Gasteiger partial charge is 0.371 e. The Morgan fingerprint density at radius 2 is 1.71 bits per heavy atom. The summed E-state index contributed by atoms with van der Waals surface area (Å²) in [5.74, 6) is -3.13. The highest BCUT2D eigenvalue weighted by atomic mass is 16.6. The van der Waals surface area contributed by atoms with Gasteiger partial charge < -0.3 is 14.6 Å². The van der Waals surface area contributed by atoms with Crippen molar-refractivity contribution in [3.63, 3.8) is 0 Å². The highest BCUT2D eigenvalue weighted by Gasteiger charge is 2.11. The topological polar surface area (TPSA) is 89.9 Å². The van der Waals surface area contributed by atoms with Crippen molar-refractivity contribution in [3.8, 4) is 0 Å².